The zero-order valence-electron chi connectivity index (χ0n) is 9.58. The van der Waals surface area contributed by atoms with Crippen LogP contribution in [-0.2, 0) is 5.33 Å². The molecule has 2 aromatic rings. The van der Waals surface area contributed by atoms with E-state index in [1.54, 1.807) is 0 Å². The SMILES string of the molecule is Fc1cccc(-c2c(F)c(F)c(CBr)c(F)c2F)c1F. The predicted octanol–water partition coefficient (Wildman–Crippen LogP) is 5.08. The van der Waals surface area contributed by atoms with Gasteiger partial charge in [0.25, 0.3) is 0 Å². The highest BCUT2D eigenvalue weighted by Crippen LogP contribution is 2.34. The van der Waals surface area contributed by atoms with Gasteiger partial charge >= 0.3 is 0 Å². The third kappa shape index (κ3) is 2.19. The second kappa shape index (κ2) is 5.47. The molecule has 0 bridgehead atoms. The Morgan fingerprint density at radius 2 is 1.30 bits per heavy atom. The summed E-state index contributed by atoms with van der Waals surface area (Å²) in [5.74, 6) is -9.83. The molecule has 0 nitrogen and oxygen atoms in total. The summed E-state index contributed by atoms with van der Waals surface area (Å²) in [6.07, 6.45) is 0. The highest BCUT2D eigenvalue weighted by atomic mass is 79.9. The lowest BCUT2D eigenvalue weighted by Crippen LogP contribution is -2.06. The van der Waals surface area contributed by atoms with Crippen molar-refractivity contribution >= 4 is 15.9 Å². The van der Waals surface area contributed by atoms with Crippen molar-refractivity contribution in [1.82, 2.24) is 0 Å². The van der Waals surface area contributed by atoms with Crippen molar-refractivity contribution < 1.29 is 26.3 Å². The van der Waals surface area contributed by atoms with Gasteiger partial charge in [-0.3, -0.25) is 0 Å². The first-order valence-corrected chi connectivity index (χ1v) is 6.37. The van der Waals surface area contributed by atoms with Crippen LogP contribution in [0, 0.1) is 34.9 Å². The molecule has 0 atom stereocenters. The highest BCUT2D eigenvalue weighted by molar-refractivity contribution is 9.08. The van der Waals surface area contributed by atoms with Crippen molar-refractivity contribution in [2.75, 3.05) is 0 Å². The zero-order chi connectivity index (χ0) is 15.0. The van der Waals surface area contributed by atoms with Crippen molar-refractivity contribution in [3.63, 3.8) is 0 Å². The van der Waals surface area contributed by atoms with Crippen LogP contribution in [0.3, 0.4) is 0 Å². The second-order valence-corrected chi connectivity index (χ2v) is 4.41. The standard InChI is InChI=1S/C13H5BrF6/c14-4-6-10(17)12(19)8(13(20)11(6)18)5-2-1-3-7(15)9(5)16/h1-3H,4H2. The molecule has 0 amide bonds. The van der Waals surface area contributed by atoms with E-state index in [0.29, 0.717) is 6.07 Å². The third-order valence-electron chi connectivity index (χ3n) is 2.71. The molecule has 0 aliphatic rings. The lowest BCUT2D eigenvalue weighted by Gasteiger charge is -2.11. The first-order valence-electron chi connectivity index (χ1n) is 5.25. The largest absolute Gasteiger partial charge is 0.204 e. The van der Waals surface area contributed by atoms with Crippen molar-refractivity contribution in [3.05, 3.63) is 58.7 Å². The topological polar surface area (TPSA) is 0 Å². The molecule has 0 N–H and O–H groups in total. The lowest BCUT2D eigenvalue weighted by molar-refractivity contribution is 0.446. The van der Waals surface area contributed by atoms with Crippen LogP contribution in [0.25, 0.3) is 11.1 Å². The number of hydrogen-bond acceptors (Lipinski definition) is 0. The van der Waals surface area contributed by atoms with Crippen molar-refractivity contribution in [1.29, 1.82) is 0 Å². The summed E-state index contributed by atoms with van der Waals surface area (Å²) in [6.45, 7) is 0. The minimum atomic E-state index is -1.78. The summed E-state index contributed by atoms with van der Waals surface area (Å²) in [4.78, 5) is 0. The van der Waals surface area contributed by atoms with Crippen molar-refractivity contribution in [3.8, 4) is 11.1 Å². The van der Waals surface area contributed by atoms with E-state index in [2.05, 4.69) is 15.9 Å². The van der Waals surface area contributed by atoms with Gasteiger partial charge in [-0.25, -0.2) is 26.3 Å². The van der Waals surface area contributed by atoms with Crippen LogP contribution >= 0.6 is 15.9 Å². The van der Waals surface area contributed by atoms with Crippen LogP contribution in [0.4, 0.5) is 26.3 Å². The quantitative estimate of drug-likeness (QED) is 0.400. The van der Waals surface area contributed by atoms with Gasteiger partial charge in [-0.05, 0) is 6.07 Å². The maximum Gasteiger partial charge on any atom is 0.170 e. The van der Waals surface area contributed by atoms with Crippen LogP contribution in [-0.4, -0.2) is 0 Å². The molecule has 0 unspecified atom stereocenters. The Morgan fingerprint density at radius 1 is 0.750 bits per heavy atom. The van der Waals surface area contributed by atoms with E-state index >= 15 is 0 Å². The molecule has 0 spiro atoms. The van der Waals surface area contributed by atoms with Crippen LogP contribution < -0.4 is 0 Å². The Kier molecular flexibility index (Phi) is 4.08. The number of hydrogen-bond donors (Lipinski definition) is 0. The Balaban J connectivity index is 2.85. The van der Waals surface area contributed by atoms with Gasteiger partial charge in [-0.15, -0.1) is 0 Å². The van der Waals surface area contributed by atoms with Gasteiger partial charge in [0.05, 0.1) is 5.56 Å². The highest BCUT2D eigenvalue weighted by Gasteiger charge is 2.27. The average Bonchev–Trinajstić information content (AvgIpc) is 2.42. The molecule has 0 fully saturated rings. The minimum absolute atomic E-state index is 0.468. The van der Waals surface area contributed by atoms with E-state index in [0.717, 1.165) is 12.1 Å². The molecule has 106 valence electrons. The second-order valence-electron chi connectivity index (χ2n) is 3.84. The Morgan fingerprint density at radius 3 is 1.80 bits per heavy atom. The van der Waals surface area contributed by atoms with Gasteiger partial charge < -0.3 is 0 Å². The monoisotopic (exact) mass is 354 g/mol. The number of benzene rings is 2. The van der Waals surface area contributed by atoms with Gasteiger partial charge in [-0.1, -0.05) is 28.1 Å². The third-order valence-corrected chi connectivity index (χ3v) is 3.27. The Labute approximate surface area is 118 Å². The lowest BCUT2D eigenvalue weighted by atomic mass is 10.0. The maximum absolute atomic E-state index is 13.8. The van der Waals surface area contributed by atoms with Crippen LogP contribution in [0.15, 0.2) is 18.2 Å². The van der Waals surface area contributed by atoms with E-state index < -0.39 is 56.9 Å². The smallest absolute Gasteiger partial charge is 0.170 e. The van der Waals surface area contributed by atoms with Crippen LogP contribution in [0.2, 0.25) is 0 Å². The summed E-state index contributed by atoms with van der Waals surface area (Å²) in [5.41, 5.74) is -3.03. The summed E-state index contributed by atoms with van der Waals surface area (Å²) < 4.78 is 81.4. The molecule has 2 rings (SSSR count). The molecule has 2 aromatic carbocycles. The predicted molar refractivity (Wildman–Crippen MR) is 64.3 cm³/mol. The van der Waals surface area contributed by atoms with E-state index in [1.807, 2.05) is 0 Å². The Bertz CT molecular complexity index is 654. The number of halogens is 7. The van der Waals surface area contributed by atoms with E-state index in [4.69, 9.17) is 0 Å². The molecular formula is C13H5BrF6. The van der Waals surface area contributed by atoms with Gasteiger partial charge in [0.2, 0.25) is 0 Å². The van der Waals surface area contributed by atoms with E-state index in [-0.39, 0.29) is 0 Å². The number of rotatable bonds is 2. The summed E-state index contributed by atoms with van der Waals surface area (Å²) in [7, 11) is 0. The van der Waals surface area contributed by atoms with Crippen molar-refractivity contribution in [2.45, 2.75) is 5.33 Å². The molecule has 0 saturated carbocycles. The van der Waals surface area contributed by atoms with E-state index in [1.165, 1.54) is 0 Å². The fourth-order valence-corrected chi connectivity index (χ4v) is 2.22. The van der Waals surface area contributed by atoms with Crippen LogP contribution in [0.5, 0.6) is 0 Å². The molecule has 0 aliphatic heterocycles. The Hall–Kier alpha value is -1.50. The van der Waals surface area contributed by atoms with Crippen molar-refractivity contribution in [2.24, 2.45) is 0 Å². The summed E-state index contributed by atoms with van der Waals surface area (Å²) in [5, 5.41) is -0.468. The molecular weight excluding hydrogens is 350 g/mol. The van der Waals surface area contributed by atoms with Gasteiger partial charge in [0.1, 0.15) is 0 Å². The molecule has 0 heterocycles. The zero-order valence-corrected chi connectivity index (χ0v) is 11.2. The fourth-order valence-electron chi connectivity index (χ4n) is 1.73. The normalized spacial score (nSPS) is 10.9. The summed E-state index contributed by atoms with van der Waals surface area (Å²) >= 11 is 2.69. The molecule has 0 aromatic heterocycles. The fraction of sp³-hybridized carbons (Fsp3) is 0.0769. The summed E-state index contributed by atoms with van der Waals surface area (Å²) in [6, 6.07) is 2.52. The van der Waals surface area contributed by atoms with Crippen LogP contribution in [0.1, 0.15) is 5.56 Å². The molecule has 0 radical (unpaired) electrons. The maximum atomic E-state index is 13.8. The van der Waals surface area contributed by atoms with E-state index in [9.17, 15) is 26.3 Å². The van der Waals surface area contributed by atoms with Gasteiger partial charge in [0, 0.05) is 16.5 Å². The van der Waals surface area contributed by atoms with Gasteiger partial charge in [0.15, 0.2) is 34.9 Å². The molecule has 0 aliphatic carbocycles. The molecule has 20 heavy (non-hydrogen) atoms. The first kappa shape index (κ1) is 14.9. The van der Waals surface area contributed by atoms with Gasteiger partial charge in [-0.2, -0.15) is 0 Å². The molecule has 0 saturated heterocycles. The minimum Gasteiger partial charge on any atom is -0.204 e. The first-order chi connectivity index (χ1) is 9.40. The molecule has 7 heteroatoms. The number of alkyl halides is 1. The average molecular weight is 355 g/mol.